The van der Waals surface area contributed by atoms with Crippen LogP contribution >= 0.6 is 11.3 Å². The molecule has 2 heterocycles. The summed E-state index contributed by atoms with van der Waals surface area (Å²) in [6.07, 6.45) is 0. The molecular weight excluding hydrogens is 367 g/mol. The molecule has 0 unspecified atom stereocenters. The number of aryl methyl sites for hydroxylation is 1. The molecule has 136 valence electrons. The molecule has 27 heavy (non-hydrogen) atoms. The molecule has 0 spiro atoms. The summed E-state index contributed by atoms with van der Waals surface area (Å²) in [5.41, 5.74) is 2.64. The predicted octanol–water partition coefficient (Wildman–Crippen LogP) is 3.92. The number of nitrogens with zero attached hydrogens (tertiary/aromatic N) is 3. The molecule has 0 atom stereocenters. The van der Waals surface area contributed by atoms with Crippen molar-refractivity contribution in [2.24, 2.45) is 0 Å². The van der Waals surface area contributed by atoms with Gasteiger partial charge in [-0.3, -0.25) is 10.1 Å². The number of nitrogens with one attached hydrogen (secondary N) is 1. The van der Waals surface area contributed by atoms with Gasteiger partial charge in [0, 0.05) is 10.9 Å². The van der Waals surface area contributed by atoms with E-state index in [2.05, 4.69) is 15.4 Å². The lowest BCUT2D eigenvalue weighted by Gasteiger charge is -2.06. The summed E-state index contributed by atoms with van der Waals surface area (Å²) >= 11 is 1.39. The first-order valence-corrected chi connectivity index (χ1v) is 9.06. The van der Waals surface area contributed by atoms with Crippen molar-refractivity contribution in [3.05, 3.63) is 65.3 Å². The van der Waals surface area contributed by atoms with Crippen LogP contribution < -0.4 is 10.1 Å². The Hall–Kier alpha value is -3.26. The molecule has 0 radical (unpaired) electrons. The number of aromatic nitrogens is 3. The number of rotatable bonds is 5. The summed E-state index contributed by atoms with van der Waals surface area (Å²) in [7, 11) is 0. The maximum Gasteiger partial charge on any atom is 0.264 e. The monoisotopic (exact) mass is 382 g/mol. The highest BCUT2D eigenvalue weighted by Gasteiger charge is 2.14. The molecule has 6 nitrogen and oxygen atoms in total. The highest BCUT2D eigenvalue weighted by molar-refractivity contribution is 7.15. The van der Waals surface area contributed by atoms with Gasteiger partial charge in [0.25, 0.3) is 11.9 Å². The molecule has 2 aromatic carbocycles. The molecule has 0 saturated carbocycles. The lowest BCUT2D eigenvalue weighted by Crippen LogP contribution is -2.21. The van der Waals surface area contributed by atoms with Crippen LogP contribution in [0.4, 0.5) is 10.3 Å². The molecule has 0 aliphatic rings. The minimum Gasteiger partial charge on any atom is -0.484 e. The number of anilines is 1. The predicted molar refractivity (Wildman–Crippen MR) is 102 cm³/mol. The number of carbonyl (C=O) groups is 1. The molecule has 4 rings (SSSR count). The minimum atomic E-state index is -0.349. The summed E-state index contributed by atoms with van der Waals surface area (Å²) in [6, 6.07) is 13.6. The number of thiazole rings is 1. The molecular formula is C19H15FN4O2S. The van der Waals surface area contributed by atoms with E-state index in [9.17, 15) is 9.18 Å². The average molecular weight is 382 g/mol. The quantitative estimate of drug-likeness (QED) is 0.568. The maximum absolute atomic E-state index is 13.1. The third-order valence-electron chi connectivity index (χ3n) is 3.83. The Morgan fingerprint density at radius 3 is 2.85 bits per heavy atom. The van der Waals surface area contributed by atoms with Crippen molar-refractivity contribution >= 4 is 28.2 Å². The number of carbonyl (C=O) groups excluding carboxylic acids is 1. The molecule has 8 heteroatoms. The van der Waals surface area contributed by atoms with Crippen molar-refractivity contribution in [1.29, 1.82) is 0 Å². The van der Waals surface area contributed by atoms with Gasteiger partial charge in [0.15, 0.2) is 6.61 Å². The molecule has 0 aliphatic carbocycles. The van der Waals surface area contributed by atoms with E-state index in [4.69, 9.17) is 4.74 Å². The second-order valence-electron chi connectivity index (χ2n) is 5.91. The average Bonchev–Trinajstić information content (AvgIpc) is 3.21. The van der Waals surface area contributed by atoms with E-state index in [1.807, 2.05) is 30.5 Å². The van der Waals surface area contributed by atoms with Crippen LogP contribution in [-0.4, -0.2) is 27.1 Å². The SMILES string of the molecule is Cc1cccc(OCC(=O)Nc2nc3scc(-c4ccc(F)cc4)n3n2)c1. The highest BCUT2D eigenvalue weighted by atomic mass is 32.1. The zero-order valence-electron chi connectivity index (χ0n) is 14.3. The summed E-state index contributed by atoms with van der Waals surface area (Å²) in [6.45, 7) is 1.81. The lowest BCUT2D eigenvalue weighted by molar-refractivity contribution is -0.118. The Bertz CT molecular complexity index is 1100. The van der Waals surface area contributed by atoms with Gasteiger partial charge in [-0.05, 0) is 48.9 Å². The summed E-state index contributed by atoms with van der Waals surface area (Å²) in [5, 5.41) is 8.83. The van der Waals surface area contributed by atoms with Crippen molar-refractivity contribution in [3.8, 4) is 17.0 Å². The zero-order chi connectivity index (χ0) is 18.8. The number of fused-ring (bicyclic) bond motifs is 1. The van der Waals surface area contributed by atoms with Gasteiger partial charge < -0.3 is 4.74 Å². The molecule has 2 aromatic heterocycles. The number of hydrogen-bond acceptors (Lipinski definition) is 5. The molecule has 4 aromatic rings. The summed E-state index contributed by atoms with van der Waals surface area (Å²) in [5.74, 6) is 0.175. The van der Waals surface area contributed by atoms with Crippen LogP contribution in [0, 0.1) is 12.7 Å². The van der Waals surface area contributed by atoms with Gasteiger partial charge in [-0.2, -0.15) is 4.98 Å². The maximum atomic E-state index is 13.1. The van der Waals surface area contributed by atoms with Crippen LogP contribution in [0.25, 0.3) is 16.2 Å². The number of hydrogen-bond donors (Lipinski definition) is 1. The van der Waals surface area contributed by atoms with Gasteiger partial charge in [-0.15, -0.1) is 16.4 Å². The van der Waals surface area contributed by atoms with E-state index >= 15 is 0 Å². The fraction of sp³-hybridized carbons (Fsp3) is 0.105. The normalized spacial score (nSPS) is 10.9. The molecule has 1 N–H and O–H groups in total. The number of amides is 1. The van der Waals surface area contributed by atoms with Crippen molar-refractivity contribution in [3.63, 3.8) is 0 Å². The second kappa shape index (κ2) is 7.16. The molecule has 1 amide bonds. The third kappa shape index (κ3) is 3.80. The first-order chi connectivity index (χ1) is 13.1. The first-order valence-electron chi connectivity index (χ1n) is 8.18. The Kier molecular flexibility index (Phi) is 4.55. The van der Waals surface area contributed by atoms with Gasteiger partial charge >= 0.3 is 0 Å². The van der Waals surface area contributed by atoms with E-state index in [1.165, 1.54) is 23.5 Å². The van der Waals surface area contributed by atoms with Gasteiger partial charge in [0.2, 0.25) is 4.96 Å². The highest BCUT2D eigenvalue weighted by Crippen LogP contribution is 2.26. The lowest BCUT2D eigenvalue weighted by atomic mass is 10.2. The number of benzene rings is 2. The van der Waals surface area contributed by atoms with Crippen LogP contribution in [0.15, 0.2) is 53.9 Å². The standard InChI is InChI=1S/C19H15FN4O2S/c1-12-3-2-4-15(9-12)26-10-17(25)21-18-22-19-24(23-18)16(11-27-19)13-5-7-14(20)8-6-13/h2-9,11H,10H2,1H3,(H,21,23,25). The van der Waals surface area contributed by atoms with Crippen LogP contribution in [0.2, 0.25) is 0 Å². The van der Waals surface area contributed by atoms with Gasteiger partial charge in [-0.1, -0.05) is 12.1 Å². The van der Waals surface area contributed by atoms with E-state index in [0.29, 0.717) is 10.7 Å². The van der Waals surface area contributed by atoms with E-state index in [1.54, 1.807) is 22.7 Å². The Labute approximate surface area is 158 Å². The van der Waals surface area contributed by atoms with Crippen molar-refractivity contribution in [1.82, 2.24) is 14.6 Å². The zero-order valence-corrected chi connectivity index (χ0v) is 15.2. The Morgan fingerprint density at radius 2 is 2.07 bits per heavy atom. The molecule has 0 bridgehead atoms. The largest absolute Gasteiger partial charge is 0.484 e. The number of halogens is 1. The smallest absolute Gasteiger partial charge is 0.264 e. The first kappa shape index (κ1) is 17.2. The van der Waals surface area contributed by atoms with Gasteiger partial charge in [-0.25, -0.2) is 8.91 Å². The summed E-state index contributed by atoms with van der Waals surface area (Å²) in [4.78, 5) is 17.0. The Morgan fingerprint density at radius 1 is 1.26 bits per heavy atom. The van der Waals surface area contributed by atoms with Crippen LogP contribution in [0.5, 0.6) is 5.75 Å². The molecule has 0 aliphatic heterocycles. The molecule has 0 fully saturated rings. The third-order valence-corrected chi connectivity index (χ3v) is 4.65. The number of ether oxygens (including phenoxy) is 1. The van der Waals surface area contributed by atoms with Crippen molar-refractivity contribution in [2.45, 2.75) is 6.92 Å². The second-order valence-corrected chi connectivity index (χ2v) is 6.75. The van der Waals surface area contributed by atoms with Gasteiger partial charge in [0.05, 0.1) is 5.69 Å². The van der Waals surface area contributed by atoms with E-state index in [-0.39, 0.29) is 24.3 Å². The summed E-state index contributed by atoms with van der Waals surface area (Å²) < 4.78 is 20.2. The van der Waals surface area contributed by atoms with Crippen LogP contribution in [-0.2, 0) is 4.79 Å². The van der Waals surface area contributed by atoms with Crippen molar-refractivity contribution in [2.75, 3.05) is 11.9 Å². The van der Waals surface area contributed by atoms with Crippen LogP contribution in [0.3, 0.4) is 0 Å². The van der Waals surface area contributed by atoms with Gasteiger partial charge in [0.1, 0.15) is 11.6 Å². The molecule has 0 saturated heterocycles. The fourth-order valence-corrected chi connectivity index (χ4v) is 3.40. The fourth-order valence-electron chi connectivity index (χ4n) is 2.57. The van der Waals surface area contributed by atoms with Crippen LogP contribution in [0.1, 0.15) is 5.56 Å². The van der Waals surface area contributed by atoms with E-state index in [0.717, 1.165) is 16.8 Å². The van der Waals surface area contributed by atoms with Crippen molar-refractivity contribution < 1.29 is 13.9 Å². The van der Waals surface area contributed by atoms with E-state index < -0.39 is 0 Å². The topological polar surface area (TPSA) is 68.5 Å². The minimum absolute atomic E-state index is 0.138. The Balaban J connectivity index is 1.46.